The highest BCUT2D eigenvalue weighted by molar-refractivity contribution is 5.69. The maximum Gasteiger partial charge on any atom is 0.306 e. The summed E-state index contributed by atoms with van der Waals surface area (Å²) < 4.78 is 10.5. The Morgan fingerprint density at radius 3 is 1.83 bits per heavy atom. The first-order chi connectivity index (χ1) is 14.5. The zero-order chi connectivity index (χ0) is 22.2. The van der Waals surface area contributed by atoms with Crippen molar-refractivity contribution in [1.82, 2.24) is 0 Å². The van der Waals surface area contributed by atoms with Gasteiger partial charge in [0.1, 0.15) is 18.3 Å². The summed E-state index contributed by atoms with van der Waals surface area (Å²) in [6, 6.07) is 0. The predicted octanol–water partition coefficient (Wildman–Crippen LogP) is 4.13. The van der Waals surface area contributed by atoms with E-state index in [1.165, 1.54) is 64.2 Å². The fourth-order valence-corrected chi connectivity index (χ4v) is 3.98. The van der Waals surface area contributed by atoms with Crippen molar-refractivity contribution in [2.45, 2.75) is 128 Å². The number of esters is 1. The molecule has 0 aliphatic carbocycles. The van der Waals surface area contributed by atoms with Crippen LogP contribution in [0.4, 0.5) is 0 Å². The number of aliphatic hydroxyl groups excluding tert-OH is 3. The molecule has 30 heavy (non-hydrogen) atoms. The van der Waals surface area contributed by atoms with Crippen LogP contribution in [-0.4, -0.2) is 58.9 Å². The molecule has 4 atom stereocenters. The molecule has 1 rings (SSSR count). The fourth-order valence-electron chi connectivity index (χ4n) is 3.98. The molecule has 0 aromatic heterocycles. The van der Waals surface area contributed by atoms with Gasteiger partial charge >= 0.3 is 5.97 Å². The number of hydrogen-bond acceptors (Lipinski definition) is 6. The molecule has 178 valence electrons. The number of unbranched alkanes of at least 4 members (excludes halogenated alkanes) is 11. The summed E-state index contributed by atoms with van der Waals surface area (Å²) in [7, 11) is 0. The van der Waals surface area contributed by atoms with Crippen molar-refractivity contribution in [2.24, 2.45) is 5.92 Å². The molecule has 0 bridgehead atoms. The van der Waals surface area contributed by atoms with E-state index in [2.05, 4.69) is 13.8 Å². The summed E-state index contributed by atoms with van der Waals surface area (Å²) in [5, 5.41) is 28.7. The fraction of sp³-hybridized carbons (Fsp3) is 0.958. The third-order valence-electron chi connectivity index (χ3n) is 5.93. The van der Waals surface area contributed by atoms with E-state index in [0.29, 0.717) is 6.42 Å². The van der Waals surface area contributed by atoms with Crippen molar-refractivity contribution in [2.75, 3.05) is 13.2 Å². The van der Waals surface area contributed by atoms with E-state index in [4.69, 9.17) is 9.47 Å². The summed E-state index contributed by atoms with van der Waals surface area (Å²) in [5.41, 5.74) is 0. The minimum Gasteiger partial charge on any atom is -0.457 e. The number of hydrogen-bond donors (Lipinski definition) is 3. The lowest BCUT2D eigenvalue weighted by Gasteiger charge is -2.24. The number of carbonyl (C=O) groups is 1. The molecule has 1 heterocycles. The highest BCUT2D eigenvalue weighted by Gasteiger charge is 2.41. The molecule has 6 heteroatoms. The predicted molar refractivity (Wildman–Crippen MR) is 118 cm³/mol. The molecule has 1 aliphatic heterocycles. The monoisotopic (exact) mass is 430 g/mol. The van der Waals surface area contributed by atoms with Crippen molar-refractivity contribution in [3.63, 3.8) is 0 Å². The number of ether oxygens (including phenoxy) is 2. The third kappa shape index (κ3) is 12.2. The second-order valence-electron chi connectivity index (χ2n) is 9.24. The van der Waals surface area contributed by atoms with Gasteiger partial charge in [0.2, 0.25) is 0 Å². The Morgan fingerprint density at radius 1 is 0.900 bits per heavy atom. The average Bonchev–Trinajstić information content (AvgIpc) is 3.04. The van der Waals surface area contributed by atoms with E-state index in [1.54, 1.807) is 0 Å². The first-order valence-corrected chi connectivity index (χ1v) is 12.2. The van der Waals surface area contributed by atoms with Crippen LogP contribution in [0, 0.1) is 5.92 Å². The number of aliphatic hydroxyl groups is 3. The second-order valence-corrected chi connectivity index (χ2v) is 9.24. The topological polar surface area (TPSA) is 96.2 Å². The minimum atomic E-state index is -1.14. The molecular weight excluding hydrogens is 384 g/mol. The van der Waals surface area contributed by atoms with Crippen LogP contribution in [-0.2, 0) is 14.3 Å². The molecule has 3 N–H and O–H groups in total. The van der Waals surface area contributed by atoms with Crippen molar-refractivity contribution in [3.05, 3.63) is 0 Å². The van der Waals surface area contributed by atoms with Crippen LogP contribution >= 0.6 is 0 Å². The van der Waals surface area contributed by atoms with Crippen molar-refractivity contribution >= 4 is 5.97 Å². The standard InChI is InChI=1S/C24H46O6/c1-19(2)15-13-11-9-7-5-3-4-6-8-10-12-14-16-22(27)30-21(17-25)24-23(28)20(26)18-29-24/h19-21,23-26,28H,3-18H2,1-2H3/t20-,21-,23-,24-/m1/s1. The summed E-state index contributed by atoms with van der Waals surface area (Å²) in [5.74, 6) is 0.447. The molecule has 0 spiro atoms. The molecule has 0 saturated carbocycles. The van der Waals surface area contributed by atoms with Gasteiger partial charge in [0.05, 0.1) is 13.2 Å². The van der Waals surface area contributed by atoms with Crippen LogP contribution < -0.4 is 0 Å². The Morgan fingerprint density at radius 2 is 1.40 bits per heavy atom. The van der Waals surface area contributed by atoms with Gasteiger partial charge in [0.15, 0.2) is 6.10 Å². The molecule has 0 aromatic rings. The Bertz CT molecular complexity index is 428. The third-order valence-corrected chi connectivity index (χ3v) is 5.93. The van der Waals surface area contributed by atoms with Gasteiger partial charge in [-0.25, -0.2) is 0 Å². The zero-order valence-corrected chi connectivity index (χ0v) is 19.3. The summed E-state index contributed by atoms with van der Waals surface area (Å²) in [6.45, 7) is 4.14. The molecular formula is C24H46O6. The second kappa shape index (κ2) is 16.9. The molecule has 1 aliphatic rings. The van der Waals surface area contributed by atoms with Gasteiger partial charge in [-0.2, -0.15) is 0 Å². The van der Waals surface area contributed by atoms with E-state index < -0.39 is 31.0 Å². The first-order valence-electron chi connectivity index (χ1n) is 12.2. The van der Waals surface area contributed by atoms with Gasteiger partial charge in [0, 0.05) is 6.42 Å². The smallest absolute Gasteiger partial charge is 0.306 e. The highest BCUT2D eigenvalue weighted by Crippen LogP contribution is 2.20. The maximum atomic E-state index is 12.0. The van der Waals surface area contributed by atoms with Gasteiger partial charge in [-0.15, -0.1) is 0 Å². The van der Waals surface area contributed by atoms with Crippen molar-refractivity contribution < 1.29 is 29.6 Å². The van der Waals surface area contributed by atoms with Crippen molar-refractivity contribution in [1.29, 1.82) is 0 Å². The highest BCUT2D eigenvalue weighted by atomic mass is 16.6. The molecule has 0 radical (unpaired) electrons. The van der Waals surface area contributed by atoms with Gasteiger partial charge in [-0.1, -0.05) is 90.9 Å². The Hall–Kier alpha value is -0.690. The molecule has 6 nitrogen and oxygen atoms in total. The Labute approximate surface area is 183 Å². The SMILES string of the molecule is CC(C)CCCCCCCCCCCCCCC(=O)O[C@H](CO)[C@H]1OC[C@@H](O)[C@H]1O. The number of rotatable bonds is 18. The average molecular weight is 431 g/mol. The van der Waals surface area contributed by atoms with Crippen LogP contribution in [0.15, 0.2) is 0 Å². The van der Waals surface area contributed by atoms with Crippen LogP contribution in [0.5, 0.6) is 0 Å². The molecule has 0 aromatic carbocycles. The van der Waals surface area contributed by atoms with Crippen LogP contribution in [0.25, 0.3) is 0 Å². The lowest BCUT2D eigenvalue weighted by molar-refractivity contribution is -0.162. The lowest BCUT2D eigenvalue weighted by atomic mass is 10.0. The summed E-state index contributed by atoms with van der Waals surface area (Å²) >= 11 is 0. The molecule has 1 fully saturated rings. The minimum absolute atomic E-state index is 0.0157. The summed E-state index contributed by atoms with van der Waals surface area (Å²) in [4.78, 5) is 12.0. The quantitative estimate of drug-likeness (QED) is 0.223. The van der Waals surface area contributed by atoms with Gasteiger partial charge in [-0.05, 0) is 12.3 Å². The largest absolute Gasteiger partial charge is 0.457 e. The van der Waals surface area contributed by atoms with E-state index >= 15 is 0 Å². The van der Waals surface area contributed by atoms with Crippen LogP contribution in [0.2, 0.25) is 0 Å². The Kier molecular flexibility index (Phi) is 15.4. The Balaban J connectivity index is 1.91. The van der Waals surface area contributed by atoms with Crippen LogP contribution in [0.1, 0.15) is 104 Å². The van der Waals surface area contributed by atoms with Gasteiger partial charge in [-0.3, -0.25) is 4.79 Å². The first kappa shape index (κ1) is 27.3. The normalized spacial score (nSPS) is 22.5. The van der Waals surface area contributed by atoms with E-state index in [-0.39, 0.29) is 12.6 Å². The van der Waals surface area contributed by atoms with Crippen LogP contribution in [0.3, 0.4) is 0 Å². The summed E-state index contributed by atoms with van der Waals surface area (Å²) in [6.07, 6.45) is 12.6. The molecule has 0 amide bonds. The van der Waals surface area contributed by atoms with Crippen molar-refractivity contribution in [3.8, 4) is 0 Å². The van der Waals surface area contributed by atoms with Gasteiger partial charge < -0.3 is 24.8 Å². The number of carbonyl (C=O) groups excluding carboxylic acids is 1. The van der Waals surface area contributed by atoms with E-state index in [0.717, 1.165) is 25.2 Å². The molecule has 0 unspecified atom stereocenters. The lowest BCUT2D eigenvalue weighted by Crippen LogP contribution is -2.43. The van der Waals surface area contributed by atoms with E-state index in [1.807, 2.05) is 0 Å². The zero-order valence-electron chi connectivity index (χ0n) is 19.3. The molecule has 1 saturated heterocycles. The maximum absolute atomic E-state index is 12.0. The van der Waals surface area contributed by atoms with E-state index in [9.17, 15) is 20.1 Å². The van der Waals surface area contributed by atoms with Gasteiger partial charge in [0.25, 0.3) is 0 Å².